The van der Waals surface area contributed by atoms with Gasteiger partial charge in [0.25, 0.3) is 0 Å². The van der Waals surface area contributed by atoms with Crippen LogP contribution in [0.4, 0.5) is 4.79 Å². The van der Waals surface area contributed by atoms with Gasteiger partial charge in [-0.25, -0.2) is 9.59 Å². The maximum absolute atomic E-state index is 13.3. The molecule has 3 saturated heterocycles. The van der Waals surface area contributed by atoms with Gasteiger partial charge in [-0.2, -0.15) is 0 Å². The topological polar surface area (TPSA) is 79.4 Å². The predicted molar refractivity (Wildman–Crippen MR) is 126 cm³/mol. The van der Waals surface area contributed by atoms with E-state index in [-0.39, 0.29) is 36.0 Å². The number of hydrogen-bond acceptors (Lipinski definition) is 6. The third-order valence-electron chi connectivity index (χ3n) is 7.24. The highest BCUT2D eigenvalue weighted by Gasteiger charge is 2.59. The second kappa shape index (κ2) is 7.75. The van der Waals surface area contributed by atoms with E-state index in [1.807, 2.05) is 57.4 Å². The van der Waals surface area contributed by atoms with E-state index >= 15 is 0 Å². The number of likely N-dealkylation sites (tertiary alicyclic amines) is 2. The normalized spacial score (nSPS) is 30.1. The van der Waals surface area contributed by atoms with Gasteiger partial charge in [0.2, 0.25) is 5.91 Å². The first kappa shape index (κ1) is 23.2. The Balaban J connectivity index is 1.43. The number of esters is 1. The lowest BCUT2D eigenvalue weighted by Gasteiger charge is -2.52. The summed E-state index contributed by atoms with van der Waals surface area (Å²) in [6.07, 6.45) is 5.18. The Bertz CT molecular complexity index is 981. The molecule has 4 fully saturated rings. The maximum atomic E-state index is 13.3. The lowest BCUT2D eigenvalue weighted by Crippen LogP contribution is -2.65. The van der Waals surface area contributed by atoms with E-state index < -0.39 is 11.2 Å². The average molecular weight is 472 g/mol. The third-order valence-corrected chi connectivity index (χ3v) is 7.24. The standard InChI is InChI=1S/C26H37N3O5/c1-25(2,3)33-23(31)21-16(11-15-9-10-27(22(15)30)18-7-8-18)12-17-13-28(19-14-29(21)20(17)19)24(32)34-26(4,5)6/h11,17-20H,7-10,12-14H2,1-6H3/b15-11+/t17?,19?,20-/m1/s1. The molecule has 4 aliphatic heterocycles. The molecule has 3 atom stereocenters. The van der Waals surface area contributed by atoms with Crippen molar-refractivity contribution >= 4 is 18.0 Å². The van der Waals surface area contributed by atoms with Crippen LogP contribution < -0.4 is 0 Å². The van der Waals surface area contributed by atoms with Crippen LogP contribution in [0, 0.1) is 5.92 Å². The van der Waals surface area contributed by atoms with E-state index in [2.05, 4.69) is 4.90 Å². The van der Waals surface area contributed by atoms with Crippen LogP contribution in [0.2, 0.25) is 0 Å². The predicted octanol–water partition coefficient (Wildman–Crippen LogP) is 3.23. The van der Waals surface area contributed by atoms with Crippen molar-refractivity contribution in [3.05, 3.63) is 22.9 Å². The second-order valence-corrected chi connectivity index (χ2v) is 12.3. The van der Waals surface area contributed by atoms with Gasteiger partial charge >= 0.3 is 12.1 Å². The number of carbonyl (C=O) groups excluding carboxylic acids is 3. The van der Waals surface area contributed by atoms with Gasteiger partial charge in [0.1, 0.15) is 16.9 Å². The summed E-state index contributed by atoms with van der Waals surface area (Å²) in [5.41, 5.74) is 1.03. The Kier molecular flexibility index (Phi) is 5.30. The van der Waals surface area contributed by atoms with Crippen molar-refractivity contribution in [3.63, 3.8) is 0 Å². The van der Waals surface area contributed by atoms with Crippen LogP contribution >= 0.6 is 0 Å². The van der Waals surface area contributed by atoms with Crippen molar-refractivity contribution in [2.75, 3.05) is 19.6 Å². The molecule has 0 bridgehead atoms. The summed E-state index contributed by atoms with van der Waals surface area (Å²) < 4.78 is 11.4. The van der Waals surface area contributed by atoms with Gasteiger partial charge in [-0.15, -0.1) is 0 Å². The van der Waals surface area contributed by atoms with Crippen LogP contribution in [0.25, 0.3) is 0 Å². The second-order valence-electron chi connectivity index (χ2n) is 12.3. The third kappa shape index (κ3) is 4.20. The molecule has 8 nitrogen and oxygen atoms in total. The van der Waals surface area contributed by atoms with E-state index in [0.29, 0.717) is 37.7 Å². The minimum Gasteiger partial charge on any atom is -0.455 e. The highest BCUT2D eigenvalue weighted by Crippen LogP contribution is 2.48. The SMILES string of the molecule is CC(C)(C)OC(=O)C1=C(/C=C2\CCN(C3CC3)C2=O)CC2CN(C(=O)OC(C)(C)C)C3CN1[C@H]23. The quantitative estimate of drug-likeness (QED) is 0.465. The number of nitrogens with zero attached hydrogens (tertiary/aromatic N) is 3. The monoisotopic (exact) mass is 471 g/mol. The Morgan fingerprint density at radius 1 is 0.971 bits per heavy atom. The summed E-state index contributed by atoms with van der Waals surface area (Å²) in [5.74, 6) is -0.0549. The van der Waals surface area contributed by atoms with Gasteiger partial charge in [-0.1, -0.05) is 0 Å². The molecule has 0 aromatic rings. The first-order chi connectivity index (χ1) is 15.8. The first-order valence-electron chi connectivity index (χ1n) is 12.6. The van der Waals surface area contributed by atoms with Crippen LogP contribution in [-0.2, 0) is 19.1 Å². The number of amides is 2. The zero-order valence-electron chi connectivity index (χ0n) is 21.2. The highest BCUT2D eigenvalue weighted by atomic mass is 16.6. The van der Waals surface area contributed by atoms with Gasteiger partial charge in [0, 0.05) is 37.2 Å². The summed E-state index contributed by atoms with van der Waals surface area (Å²) in [4.78, 5) is 45.1. The van der Waals surface area contributed by atoms with E-state index in [4.69, 9.17) is 9.47 Å². The zero-order chi connectivity index (χ0) is 24.6. The fraction of sp³-hybridized carbons (Fsp3) is 0.731. The summed E-state index contributed by atoms with van der Waals surface area (Å²) in [6.45, 7) is 13.1. The summed E-state index contributed by atoms with van der Waals surface area (Å²) >= 11 is 0. The van der Waals surface area contributed by atoms with Crippen LogP contribution in [0.1, 0.15) is 67.2 Å². The van der Waals surface area contributed by atoms with E-state index in [0.717, 1.165) is 30.5 Å². The molecule has 5 rings (SSSR count). The minimum atomic E-state index is -0.617. The smallest absolute Gasteiger partial charge is 0.410 e. The molecule has 2 unspecified atom stereocenters. The van der Waals surface area contributed by atoms with Gasteiger partial charge < -0.3 is 24.2 Å². The molecule has 1 saturated carbocycles. The Morgan fingerprint density at radius 3 is 2.26 bits per heavy atom. The molecular formula is C26H37N3O5. The van der Waals surface area contributed by atoms with Crippen molar-refractivity contribution in [1.82, 2.24) is 14.7 Å². The lowest BCUT2D eigenvalue weighted by molar-refractivity contribution is -0.154. The van der Waals surface area contributed by atoms with Gasteiger partial charge in [0.05, 0.1) is 12.1 Å². The molecule has 0 N–H and O–H groups in total. The summed E-state index contributed by atoms with van der Waals surface area (Å²) in [7, 11) is 0. The Morgan fingerprint density at radius 2 is 1.65 bits per heavy atom. The van der Waals surface area contributed by atoms with Crippen molar-refractivity contribution in [2.45, 2.75) is 96.6 Å². The fourth-order valence-corrected chi connectivity index (χ4v) is 5.78. The molecule has 2 amide bonds. The molecular weight excluding hydrogens is 434 g/mol. The first-order valence-corrected chi connectivity index (χ1v) is 12.6. The fourth-order valence-electron chi connectivity index (χ4n) is 5.78. The Hall–Kier alpha value is -2.51. The van der Waals surface area contributed by atoms with Gasteiger partial charge in [0.15, 0.2) is 0 Å². The molecule has 186 valence electrons. The van der Waals surface area contributed by atoms with Crippen molar-refractivity contribution in [3.8, 4) is 0 Å². The van der Waals surface area contributed by atoms with Crippen LogP contribution in [0.5, 0.6) is 0 Å². The van der Waals surface area contributed by atoms with Crippen molar-refractivity contribution < 1.29 is 23.9 Å². The number of hydrogen-bond donors (Lipinski definition) is 0. The zero-order valence-corrected chi connectivity index (χ0v) is 21.2. The van der Waals surface area contributed by atoms with Gasteiger partial charge in [-0.3, -0.25) is 4.79 Å². The molecule has 0 aromatic carbocycles. The van der Waals surface area contributed by atoms with E-state index in [1.165, 1.54) is 0 Å². The number of rotatable bonds is 3. The molecule has 5 aliphatic rings. The van der Waals surface area contributed by atoms with E-state index in [9.17, 15) is 14.4 Å². The highest BCUT2D eigenvalue weighted by molar-refractivity contribution is 5.97. The van der Waals surface area contributed by atoms with Crippen molar-refractivity contribution in [1.29, 1.82) is 0 Å². The van der Waals surface area contributed by atoms with Crippen LogP contribution in [0.15, 0.2) is 22.9 Å². The van der Waals surface area contributed by atoms with E-state index in [1.54, 1.807) is 0 Å². The van der Waals surface area contributed by atoms with Crippen LogP contribution in [0.3, 0.4) is 0 Å². The maximum Gasteiger partial charge on any atom is 0.410 e. The van der Waals surface area contributed by atoms with Gasteiger partial charge in [-0.05, 0) is 78.9 Å². The molecule has 0 aromatic heterocycles. The number of allylic oxidation sites excluding steroid dienone is 2. The average Bonchev–Trinajstić information content (AvgIpc) is 3.36. The lowest BCUT2D eigenvalue weighted by atomic mass is 9.79. The Labute approximate surface area is 201 Å². The summed E-state index contributed by atoms with van der Waals surface area (Å²) in [5, 5.41) is 0. The minimum absolute atomic E-state index is 0.0324. The molecule has 0 spiro atoms. The number of ether oxygens (including phenoxy) is 2. The molecule has 34 heavy (non-hydrogen) atoms. The molecule has 8 heteroatoms. The largest absolute Gasteiger partial charge is 0.455 e. The molecule has 4 heterocycles. The van der Waals surface area contributed by atoms with Crippen LogP contribution in [-0.4, -0.2) is 81.6 Å². The molecule has 0 radical (unpaired) electrons. The summed E-state index contributed by atoms with van der Waals surface area (Å²) in [6, 6.07) is 0.506. The number of carbonyl (C=O) groups is 3. The molecule has 1 aliphatic carbocycles. The van der Waals surface area contributed by atoms with Crippen molar-refractivity contribution in [2.24, 2.45) is 5.92 Å².